The summed E-state index contributed by atoms with van der Waals surface area (Å²) in [5.74, 6) is -1.32. The van der Waals surface area contributed by atoms with Crippen LogP contribution in [0.2, 0.25) is 0 Å². The smallest absolute Gasteiger partial charge is 0.340 e. The van der Waals surface area contributed by atoms with Gasteiger partial charge in [-0.05, 0) is 50.6 Å². The molecule has 1 aromatic heterocycles. The van der Waals surface area contributed by atoms with Crippen molar-refractivity contribution in [3.8, 4) is 17.1 Å². The van der Waals surface area contributed by atoms with Gasteiger partial charge >= 0.3 is 5.97 Å². The van der Waals surface area contributed by atoms with Crippen molar-refractivity contribution in [3.63, 3.8) is 0 Å². The number of carbonyl (C=O) groups is 1. The highest BCUT2D eigenvalue weighted by atomic mass is 32.2. The van der Waals surface area contributed by atoms with Crippen molar-refractivity contribution in [2.45, 2.75) is 26.4 Å². The topological polar surface area (TPSA) is 97.1 Å². The molecule has 7 nitrogen and oxygen atoms in total. The Kier molecular flexibility index (Phi) is 4.93. The van der Waals surface area contributed by atoms with E-state index in [2.05, 4.69) is 0 Å². The van der Waals surface area contributed by atoms with Gasteiger partial charge in [-0.25, -0.2) is 17.6 Å². The number of furan rings is 1. The van der Waals surface area contributed by atoms with E-state index in [-0.39, 0.29) is 39.9 Å². The van der Waals surface area contributed by atoms with E-state index in [1.54, 1.807) is 13.8 Å². The van der Waals surface area contributed by atoms with E-state index in [0.717, 1.165) is 0 Å². The first-order chi connectivity index (χ1) is 14.2. The van der Waals surface area contributed by atoms with E-state index >= 15 is 0 Å². The van der Waals surface area contributed by atoms with E-state index in [1.165, 1.54) is 40.7 Å². The van der Waals surface area contributed by atoms with Crippen LogP contribution in [0.1, 0.15) is 30.6 Å². The second-order valence-corrected chi connectivity index (χ2v) is 9.36. The highest BCUT2D eigenvalue weighted by molar-refractivity contribution is 7.93. The van der Waals surface area contributed by atoms with Crippen LogP contribution in [0.3, 0.4) is 0 Å². The number of nitrogens with zero attached hydrogens (tertiary/aromatic N) is 1. The second-order valence-electron chi connectivity index (χ2n) is 7.34. The van der Waals surface area contributed by atoms with Gasteiger partial charge in [-0.1, -0.05) is 0 Å². The standard InChI is InChI=1S/C21H20FNO6S/c1-12(2)28-18-10-15-17(11-16(18)23-8-3-9-30(23,26)27)29-20(19(15)21(24)25)13-4-6-14(22)7-5-13/h4-7,10-12H,3,8-9H2,1-2H3,(H,24,25). The Morgan fingerprint density at radius 1 is 1.23 bits per heavy atom. The predicted molar refractivity (Wildman–Crippen MR) is 110 cm³/mol. The van der Waals surface area contributed by atoms with Crippen LogP contribution in [0.5, 0.6) is 5.75 Å². The molecule has 1 fully saturated rings. The molecule has 0 bridgehead atoms. The zero-order chi connectivity index (χ0) is 21.6. The van der Waals surface area contributed by atoms with Crippen LogP contribution in [-0.2, 0) is 10.0 Å². The minimum atomic E-state index is -3.49. The number of ether oxygens (including phenoxy) is 1. The number of hydrogen-bond acceptors (Lipinski definition) is 5. The number of sulfonamides is 1. The van der Waals surface area contributed by atoms with Gasteiger partial charge in [-0.3, -0.25) is 4.31 Å². The zero-order valence-electron chi connectivity index (χ0n) is 16.4. The summed E-state index contributed by atoms with van der Waals surface area (Å²) in [6, 6.07) is 8.27. The third-order valence-electron chi connectivity index (χ3n) is 4.82. The lowest BCUT2D eigenvalue weighted by Crippen LogP contribution is -2.26. The van der Waals surface area contributed by atoms with Crippen LogP contribution >= 0.6 is 0 Å². The average Bonchev–Trinajstić information content (AvgIpc) is 3.20. The summed E-state index contributed by atoms with van der Waals surface area (Å²) in [5.41, 5.74) is 0.817. The van der Waals surface area contributed by atoms with Crippen LogP contribution in [0.15, 0.2) is 40.8 Å². The molecule has 4 rings (SSSR count). The fourth-order valence-electron chi connectivity index (χ4n) is 3.58. The highest BCUT2D eigenvalue weighted by Crippen LogP contribution is 2.42. The summed E-state index contributed by atoms with van der Waals surface area (Å²) >= 11 is 0. The summed E-state index contributed by atoms with van der Waals surface area (Å²) in [6.45, 7) is 3.90. The molecule has 0 atom stereocenters. The van der Waals surface area contributed by atoms with Crippen molar-refractivity contribution in [2.24, 2.45) is 0 Å². The van der Waals surface area contributed by atoms with Crippen LogP contribution in [0.25, 0.3) is 22.3 Å². The number of benzene rings is 2. The van der Waals surface area contributed by atoms with Crippen molar-refractivity contribution >= 4 is 32.6 Å². The average molecular weight is 433 g/mol. The molecule has 3 aromatic rings. The van der Waals surface area contributed by atoms with Gasteiger partial charge in [0.25, 0.3) is 0 Å². The number of halogens is 1. The Morgan fingerprint density at radius 3 is 2.50 bits per heavy atom. The summed E-state index contributed by atoms with van der Waals surface area (Å²) in [4.78, 5) is 12.0. The summed E-state index contributed by atoms with van der Waals surface area (Å²) in [5, 5.41) is 10.1. The van der Waals surface area contributed by atoms with Gasteiger partial charge in [-0.2, -0.15) is 0 Å². The van der Waals surface area contributed by atoms with E-state index in [9.17, 15) is 22.7 Å². The second kappa shape index (κ2) is 7.32. The molecule has 9 heteroatoms. The van der Waals surface area contributed by atoms with Crippen LogP contribution in [-0.4, -0.2) is 37.9 Å². The van der Waals surface area contributed by atoms with Crippen molar-refractivity contribution in [2.75, 3.05) is 16.6 Å². The number of hydrogen-bond donors (Lipinski definition) is 1. The molecule has 1 saturated heterocycles. The Hall–Kier alpha value is -3.07. The number of rotatable bonds is 5. The summed E-state index contributed by atoms with van der Waals surface area (Å²) < 4.78 is 51.2. The lowest BCUT2D eigenvalue weighted by molar-refractivity contribution is 0.0699. The number of aromatic carboxylic acids is 1. The maximum Gasteiger partial charge on any atom is 0.340 e. The van der Waals surface area contributed by atoms with Crippen LogP contribution in [0.4, 0.5) is 10.1 Å². The van der Waals surface area contributed by atoms with Crippen molar-refractivity contribution < 1.29 is 31.9 Å². The van der Waals surface area contributed by atoms with Gasteiger partial charge in [0, 0.05) is 23.6 Å². The van der Waals surface area contributed by atoms with Crippen molar-refractivity contribution in [1.29, 1.82) is 0 Å². The Bertz CT molecular complexity index is 1230. The number of anilines is 1. The van der Waals surface area contributed by atoms with E-state index in [1.807, 2.05) is 0 Å². The number of fused-ring (bicyclic) bond motifs is 1. The first kappa shape index (κ1) is 20.2. The van der Waals surface area contributed by atoms with Gasteiger partial charge < -0.3 is 14.3 Å². The molecule has 1 aliphatic rings. The molecular formula is C21H20FNO6S. The number of carboxylic acid groups (broad SMARTS) is 1. The monoisotopic (exact) mass is 433 g/mol. The lowest BCUT2D eigenvalue weighted by atomic mass is 10.0. The predicted octanol–water partition coefficient (Wildman–Crippen LogP) is 4.26. The highest BCUT2D eigenvalue weighted by Gasteiger charge is 2.33. The Morgan fingerprint density at radius 2 is 1.93 bits per heavy atom. The third-order valence-corrected chi connectivity index (χ3v) is 6.68. The van der Waals surface area contributed by atoms with E-state index < -0.39 is 21.8 Å². The van der Waals surface area contributed by atoms with Gasteiger partial charge in [0.1, 0.15) is 28.5 Å². The van der Waals surface area contributed by atoms with Gasteiger partial charge in [0.15, 0.2) is 0 Å². The fraction of sp³-hybridized carbons (Fsp3) is 0.286. The van der Waals surface area contributed by atoms with Crippen molar-refractivity contribution in [1.82, 2.24) is 0 Å². The van der Waals surface area contributed by atoms with E-state index in [0.29, 0.717) is 24.2 Å². The molecule has 0 amide bonds. The number of carboxylic acids is 1. The third kappa shape index (κ3) is 3.49. The molecule has 2 aromatic carbocycles. The largest absolute Gasteiger partial charge is 0.489 e. The first-order valence-electron chi connectivity index (χ1n) is 9.44. The van der Waals surface area contributed by atoms with E-state index in [4.69, 9.17) is 9.15 Å². The minimum absolute atomic E-state index is 0.0332. The zero-order valence-corrected chi connectivity index (χ0v) is 17.2. The van der Waals surface area contributed by atoms with Crippen molar-refractivity contribution in [3.05, 3.63) is 47.8 Å². The molecule has 0 unspecified atom stereocenters. The van der Waals surface area contributed by atoms with Crippen LogP contribution < -0.4 is 9.04 Å². The minimum Gasteiger partial charge on any atom is -0.489 e. The molecule has 30 heavy (non-hydrogen) atoms. The molecule has 2 heterocycles. The maximum atomic E-state index is 13.3. The molecular weight excluding hydrogens is 413 g/mol. The molecule has 1 aliphatic heterocycles. The lowest BCUT2D eigenvalue weighted by Gasteiger charge is -2.22. The molecule has 1 N–H and O–H groups in total. The SMILES string of the molecule is CC(C)Oc1cc2c(C(=O)O)c(-c3ccc(F)cc3)oc2cc1N1CCCS1(=O)=O. The normalized spacial score (nSPS) is 15.8. The first-order valence-corrected chi connectivity index (χ1v) is 11.0. The fourth-order valence-corrected chi connectivity index (χ4v) is 5.15. The molecule has 158 valence electrons. The molecule has 0 spiro atoms. The molecule has 0 aliphatic carbocycles. The van der Waals surface area contributed by atoms with Gasteiger partial charge in [0.05, 0.1) is 17.5 Å². The Labute approximate surface area is 172 Å². The molecule has 0 radical (unpaired) electrons. The van der Waals surface area contributed by atoms with Crippen LogP contribution in [0, 0.1) is 5.82 Å². The Balaban J connectivity index is 1.98. The van der Waals surface area contributed by atoms with Gasteiger partial charge in [-0.15, -0.1) is 0 Å². The van der Waals surface area contributed by atoms with Gasteiger partial charge in [0.2, 0.25) is 10.0 Å². The quantitative estimate of drug-likeness (QED) is 0.646. The molecule has 0 saturated carbocycles. The summed E-state index contributed by atoms with van der Waals surface area (Å²) in [6.07, 6.45) is 0.226. The summed E-state index contributed by atoms with van der Waals surface area (Å²) in [7, 11) is -3.49. The maximum absolute atomic E-state index is 13.3.